The molecule has 102 valence electrons. The van der Waals surface area contributed by atoms with Crippen LogP contribution in [0, 0.1) is 0 Å². The van der Waals surface area contributed by atoms with Gasteiger partial charge in [0.05, 0.1) is 6.10 Å². The fraction of sp³-hybridized carbons (Fsp3) is 0.455. The van der Waals surface area contributed by atoms with E-state index in [9.17, 15) is 5.11 Å². The molecule has 1 atom stereocenters. The average molecular weight is 371 g/mol. The highest BCUT2D eigenvalue weighted by Gasteiger charge is 2.35. The quantitative estimate of drug-likeness (QED) is 0.654. The standard InChI is InChI=1S/C11H10Cl6O/c1-2-8(18)9-6(10(12,13)14)4-3-5-7(9)11(15,16)17/h3-5,8,18H,2H2,1H3. The predicted octanol–water partition coefficient (Wildman–Crippen LogP) is 5.78. The van der Waals surface area contributed by atoms with Crippen molar-refractivity contribution >= 4 is 69.6 Å². The number of halogens is 6. The minimum Gasteiger partial charge on any atom is -0.388 e. The Morgan fingerprint density at radius 3 is 1.67 bits per heavy atom. The largest absolute Gasteiger partial charge is 0.388 e. The van der Waals surface area contributed by atoms with E-state index in [2.05, 4.69) is 0 Å². The van der Waals surface area contributed by atoms with E-state index in [1.807, 2.05) is 0 Å². The molecule has 0 spiro atoms. The first kappa shape index (κ1) is 17.0. The Labute approximate surface area is 136 Å². The van der Waals surface area contributed by atoms with Crippen LogP contribution in [0.25, 0.3) is 0 Å². The zero-order chi connectivity index (χ0) is 14.1. The summed E-state index contributed by atoms with van der Waals surface area (Å²) in [7, 11) is 0. The van der Waals surface area contributed by atoms with Crippen LogP contribution in [0.1, 0.15) is 36.1 Å². The van der Waals surface area contributed by atoms with Crippen LogP contribution >= 0.6 is 69.6 Å². The minimum atomic E-state index is -1.70. The normalized spacial score (nSPS) is 14.7. The van der Waals surface area contributed by atoms with Crippen molar-refractivity contribution in [1.82, 2.24) is 0 Å². The van der Waals surface area contributed by atoms with E-state index in [0.717, 1.165) is 0 Å². The van der Waals surface area contributed by atoms with E-state index in [1.165, 1.54) is 0 Å². The molecule has 1 aromatic rings. The van der Waals surface area contributed by atoms with Crippen LogP contribution in [0.3, 0.4) is 0 Å². The van der Waals surface area contributed by atoms with E-state index in [-0.39, 0.29) is 0 Å². The van der Waals surface area contributed by atoms with Gasteiger partial charge in [-0.3, -0.25) is 0 Å². The molecule has 1 nitrogen and oxygen atoms in total. The van der Waals surface area contributed by atoms with Gasteiger partial charge in [-0.15, -0.1) is 0 Å². The van der Waals surface area contributed by atoms with Gasteiger partial charge in [0, 0.05) is 11.1 Å². The molecule has 0 saturated heterocycles. The summed E-state index contributed by atoms with van der Waals surface area (Å²) in [5, 5.41) is 10.1. The molecule has 0 aliphatic carbocycles. The van der Waals surface area contributed by atoms with E-state index < -0.39 is 13.7 Å². The van der Waals surface area contributed by atoms with Crippen molar-refractivity contribution < 1.29 is 5.11 Å². The highest BCUT2D eigenvalue weighted by atomic mass is 35.6. The molecule has 0 bridgehead atoms. The van der Waals surface area contributed by atoms with Crippen LogP contribution in [0.4, 0.5) is 0 Å². The maximum Gasteiger partial charge on any atom is 0.216 e. The first-order valence-corrected chi connectivity index (χ1v) is 7.31. The summed E-state index contributed by atoms with van der Waals surface area (Å²) in [6.45, 7) is 1.78. The van der Waals surface area contributed by atoms with E-state index in [1.54, 1.807) is 25.1 Å². The summed E-state index contributed by atoms with van der Waals surface area (Å²) in [6, 6.07) is 4.78. The molecule has 1 rings (SSSR count). The maximum atomic E-state index is 10.1. The molecule has 0 radical (unpaired) electrons. The van der Waals surface area contributed by atoms with Crippen LogP contribution in [0.5, 0.6) is 0 Å². The highest BCUT2D eigenvalue weighted by Crippen LogP contribution is 2.48. The molecule has 0 saturated carbocycles. The SMILES string of the molecule is CCC(O)c1c(C(Cl)(Cl)Cl)cccc1C(Cl)(Cl)Cl. The number of aliphatic hydroxyl groups is 1. The second-order valence-corrected chi connectivity index (χ2v) is 8.25. The Bertz CT molecular complexity index is 388. The summed E-state index contributed by atoms with van der Waals surface area (Å²) in [6.07, 6.45) is -0.464. The minimum absolute atomic E-state index is 0.311. The Morgan fingerprint density at radius 1 is 1.00 bits per heavy atom. The lowest BCUT2D eigenvalue weighted by molar-refractivity contribution is 0.171. The summed E-state index contributed by atoms with van der Waals surface area (Å²) in [4.78, 5) is 0. The van der Waals surface area contributed by atoms with Gasteiger partial charge in [-0.2, -0.15) is 0 Å². The zero-order valence-electron chi connectivity index (χ0n) is 9.23. The number of aliphatic hydroxyl groups excluding tert-OH is 1. The van der Waals surface area contributed by atoms with Crippen molar-refractivity contribution in [3.63, 3.8) is 0 Å². The summed E-state index contributed by atoms with van der Waals surface area (Å²) in [5.41, 5.74) is 0.969. The lowest BCUT2D eigenvalue weighted by atomic mass is 9.96. The molecule has 0 amide bonds. The maximum absolute atomic E-state index is 10.1. The monoisotopic (exact) mass is 368 g/mol. The molecule has 1 aromatic carbocycles. The number of rotatable bonds is 2. The molecule has 18 heavy (non-hydrogen) atoms. The lowest BCUT2D eigenvalue weighted by Gasteiger charge is -2.25. The molecular weight excluding hydrogens is 361 g/mol. The van der Waals surface area contributed by atoms with Gasteiger partial charge in [0.2, 0.25) is 7.59 Å². The van der Waals surface area contributed by atoms with Gasteiger partial charge >= 0.3 is 0 Å². The van der Waals surface area contributed by atoms with Gasteiger partial charge in [0.15, 0.2) is 0 Å². The number of hydrogen-bond acceptors (Lipinski definition) is 1. The van der Waals surface area contributed by atoms with Crippen molar-refractivity contribution in [2.45, 2.75) is 27.0 Å². The first-order valence-electron chi connectivity index (χ1n) is 5.04. The number of benzene rings is 1. The third-order valence-corrected chi connectivity index (χ3v) is 3.66. The molecular formula is C11H10Cl6O. The number of hydrogen-bond donors (Lipinski definition) is 1. The Kier molecular flexibility index (Phi) is 5.78. The zero-order valence-corrected chi connectivity index (χ0v) is 13.8. The molecule has 0 aromatic heterocycles. The molecule has 7 heteroatoms. The lowest BCUT2D eigenvalue weighted by Crippen LogP contribution is -2.15. The van der Waals surface area contributed by atoms with Gasteiger partial charge in [0.1, 0.15) is 0 Å². The topological polar surface area (TPSA) is 20.2 Å². The van der Waals surface area contributed by atoms with Gasteiger partial charge in [-0.25, -0.2) is 0 Å². The molecule has 0 aliphatic heterocycles. The number of alkyl halides is 6. The summed E-state index contributed by atoms with van der Waals surface area (Å²) in [5.74, 6) is 0. The molecule has 1 N–H and O–H groups in total. The van der Waals surface area contributed by atoms with E-state index in [0.29, 0.717) is 23.1 Å². The van der Waals surface area contributed by atoms with Gasteiger partial charge in [-0.05, 0) is 12.0 Å². The van der Waals surface area contributed by atoms with Gasteiger partial charge in [0.25, 0.3) is 0 Å². The highest BCUT2D eigenvalue weighted by molar-refractivity contribution is 6.67. The van der Waals surface area contributed by atoms with Crippen LogP contribution in [-0.2, 0) is 7.59 Å². The molecule has 0 aliphatic rings. The second kappa shape index (κ2) is 6.13. The van der Waals surface area contributed by atoms with Crippen molar-refractivity contribution in [3.8, 4) is 0 Å². The Balaban J connectivity index is 3.56. The van der Waals surface area contributed by atoms with Crippen molar-refractivity contribution in [2.24, 2.45) is 0 Å². The fourth-order valence-corrected chi connectivity index (χ4v) is 2.61. The third kappa shape index (κ3) is 3.96. The smallest absolute Gasteiger partial charge is 0.216 e. The molecule has 1 unspecified atom stereocenters. The van der Waals surface area contributed by atoms with E-state index in [4.69, 9.17) is 69.6 Å². The summed E-state index contributed by atoms with van der Waals surface area (Å²) >= 11 is 35.3. The van der Waals surface area contributed by atoms with Crippen LogP contribution in [-0.4, -0.2) is 5.11 Å². The van der Waals surface area contributed by atoms with Crippen LogP contribution in [0.2, 0.25) is 0 Å². The van der Waals surface area contributed by atoms with Crippen molar-refractivity contribution in [3.05, 3.63) is 34.9 Å². The first-order chi connectivity index (χ1) is 8.09. The second-order valence-electron chi connectivity index (χ2n) is 3.69. The van der Waals surface area contributed by atoms with Gasteiger partial charge < -0.3 is 5.11 Å². The van der Waals surface area contributed by atoms with Crippen molar-refractivity contribution in [2.75, 3.05) is 0 Å². The van der Waals surface area contributed by atoms with Crippen molar-refractivity contribution in [1.29, 1.82) is 0 Å². The predicted molar refractivity (Wildman–Crippen MR) is 80.2 cm³/mol. The Morgan fingerprint density at radius 2 is 1.39 bits per heavy atom. The Hall–Kier alpha value is 0.920. The summed E-state index contributed by atoms with van der Waals surface area (Å²) < 4.78 is -3.39. The average Bonchev–Trinajstić information content (AvgIpc) is 2.24. The third-order valence-electron chi connectivity index (χ3n) is 2.44. The van der Waals surface area contributed by atoms with Gasteiger partial charge in [-0.1, -0.05) is 94.7 Å². The molecule has 0 heterocycles. The fourth-order valence-electron chi connectivity index (χ4n) is 1.62. The molecule has 0 fully saturated rings. The van der Waals surface area contributed by atoms with E-state index >= 15 is 0 Å². The van der Waals surface area contributed by atoms with Crippen LogP contribution in [0.15, 0.2) is 18.2 Å². The van der Waals surface area contributed by atoms with Crippen LogP contribution < -0.4 is 0 Å².